The minimum absolute atomic E-state index is 0.242. The molecule has 17 heavy (non-hydrogen) atoms. The minimum atomic E-state index is -0.330. The lowest BCUT2D eigenvalue weighted by Gasteiger charge is -2.17. The van der Waals surface area contributed by atoms with Crippen molar-refractivity contribution in [3.05, 3.63) is 54.0 Å². The highest BCUT2D eigenvalue weighted by Crippen LogP contribution is 2.41. The van der Waals surface area contributed by atoms with Crippen LogP contribution in [0.2, 0.25) is 0 Å². The molecule has 0 saturated carbocycles. The summed E-state index contributed by atoms with van der Waals surface area (Å²) in [5.74, 6) is 1.21. The van der Waals surface area contributed by atoms with Crippen molar-refractivity contribution in [3.63, 3.8) is 0 Å². The van der Waals surface area contributed by atoms with Crippen molar-refractivity contribution >= 4 is 11.8 Å². The SMILES string of the molecule is OC(Cc1ccoc1)C1CSc2ccccc21. The molecule has 0 fully saturated rings. The number of aliphatic hydroxyl groups excluding tert-OH is 1. The lowest BCUT2D eigenvalue weighted by Crippen LogP contribution is -2.20. The van der Waals surface area contributed by atoms with E-state index < -0.39 is 0 Å². The second-order valence-electron chi connectivity index (χ2n) is 4.36. The van der Waals surface area contributed by atoms with Crippen LogP contribution in [0.4, 0.5) is 0 Å². The summed E-state index contributed by atoms with van der Waals surface area (Å²) in [6.07, 6.45) is 3.69. The van der Waals surface area contributed by atoms with Gasteiger partial charge in [0.25, 0.3) is 0 Å². The van der Waals surface area contributed by atoms with Crippen LogP contribution in [-0.2, 0) is 6.42 Å². The van der Waals surface area contributed by atoms with E-state index in [9.17, 15) is 5.11 Å². The van der Waals surface area contributed by atoms with Gasteiger partial charge >= 0.3 is 0 Å². The Kier molecular flexibility index (Phi) is 2.95. The summed E-state index contributed by atoms with van der Waals surface area (Å²) in [5, 5.41) is 10.3. The van der Waals surface area contributed by atoms with Crippen molar-refractivity contribution in [2.45, 2.75) is 23.3 Å². The Morgan fingerprint density at radius 1 is 1.35 bits per heavy atom. The molecule has 2 unspecified atom stereocenters. The molecule has 2 atom stereocenters. The molecule has 0 saturated heterocycles. The van der Waals surface area contributed by atoms with Crippen molar-refractivity contribution in [3.8, 4) is 0 Å². The Hall–Kier alpha value is -1.19. The van der Waals surface area contributed by atoms with Crippen molar-refractivity contribution in [1.29, 1.82) is 0 Å². The molecule has 0 bridgehead atoms. The van der Waals surface area contributed by atoms with Gasteiger partial charge in [0.1, 0.15) is 0 Å². The fraction of sp³-hybridized carbons (Fsp3) is 0.286. The summed E-state index contributed by atoms with van der Waals surface area (Å²) in [5.41, 5.74) is 2.35. The molecule has 1 aliphatic heterocycles. The number of aliphatic hydroxyl groups is 1. The Balaban J connectivity index is 1.78. The van der Waals surface area contributed by atoms with Gasteiger partial charge in [-0.15, -0.1) is 11.8 Å². The summed E-state index contributed by atoms with van der Waals surface area (Å²) in [4.78, 5) is 1.31. The first-order valence-electron chi connectivity index (χ1n) is 5.75. The van der Waals surface area contributed by atoms with Gasteiger partial charge in [0, 0.05) is 23.0 Å². The Labute approximate surface area is 105 Å². The van der Waals surface area contributed by atoms with Gasteiger partial charge in [0.05, 0.1) is 18.6 Å². The van der Waals surface area contributed by atoms with Gasteiger partial charge in [-0.05, 0) is 23.3 Å². The molecule has 2 heterocycles. The van der Waals surface area contributed by atoms with Crippen LogP contribution in [-0.4, -0.2) is 17.0 Å². The molecular formula is C14H14O2S. The van der Waals surface area contributed by atoms with Gasteiger partial charge in [-0.2, -0.15) is 0 Å². The summed E-state index contributed by atoms with van der Waals surface area (Å²) in [7, 11) is 0. The minimum Gasteiger partial charge on any atom is -0.472 e. The summed E-state index contributed by atoms with van der Waals surface area (Å²) in [6.45, 7) is 0. The molecule has 1 aliphatic rings. The number of furan rings is 1. The van der Waals surface area contributed by atoms with E-state index in [1.165, 1.54) is 10.5 Å². The predicted molar refractivity (Wildman–Crippen MR) is 68.3 cm³/mol. The number of benzene rings is 1. The zero-order chi connectivity index (χ0) is 11.7. The Morgan fingerprint density at radius 2 is 2.24 bits per heavy atom. The maximum absolute atomic E-state index is 10.3. The standard InChI is InChI=1S/C14H14O2S/c15-13(7-10-5-6-16-8-10)12-9-17-14-4-2-1-3-11(12)14/h1-6,8,12-13,15H,7,9H2. The van der Waals surface area contributed by atoms with Crippen molar-refractivity contribution in [1.82, 2.24) is 0 Å². The van der Waals surface area contributed by atoms with Crippen LogP contribution in [0.3, 0.4) is 0 Å². The van der Waals surface area contributed by atoms with Gasteiger partial charge in [-0.3, -0.25) is 0 Å². The van der Waals surface area contributed by atoms with Crippen molar-refractivity contribution in [2.24, 2.45) is 0 Å². The predicted octanol–water partition coefficient (Wildman–Crippen LogP) is 3.07. The molecular weight excluding hydrogens is 232 g/mol. The van der Waals surface area contributed by atoms with Crippen LogP contribution >= 0.6 is 11.8 Å². The third-order valence-electron chi connectivity index (χ3n) is 3.23. The average Bonchev–Trinajstić information content (AvgIpc) is 2.96. The molecule has 88 valence electrons. The van der Waals surface area contributed by atoms with E-state index in [1.807, 2.05) is 23.9 Å². The molecule has 0 spiro atoms. The molecule has 3 heteroatoms. The fourth-order valence-electron chi connectivity index (χ4n) is 2.30. The van der Waals surface area contributed by atoms with E-state index in [4.69, 9.17) is 4.42 Å². The third kappa shape index (κ3) is 2.13. The van der Waals surface area contributed by atoms with Crippen LogP contribution in [0.25, 0.3) is 0 Å². The summed E-state index contributed by atoms with van der Waals surface area (Å²) < 4.78 is 5.03. The van der Waals surface area contributed by atoms with E-state index in [0.717, 1.165) is 11.3 Å². The van der Waals surface area contributed by atoms with Crippen LogP contribution in [0.15, 0.2) is 52.2 Å². The van der Waals surface area contributed by atoms with Gasteiger partial charge in [-0.1, -0.05) is 18.2 Å². The topological polar surface area (TPSA) is 33.4 Å². The largest absolute Gasteiger partial charge is 0.472 e. The molecule has 0 amide bonds. The second kappa shape index (κ2) is 4.59. The molecule has 2 aromatic rings. The van der Waals surface area contributed by atoms with E-state index in [0.29, 0.717) is 6.42 Å². The highest BCUT2D eigenvalue weighted by Gasteiger charge is 2.29. The number of fused-ring (bicyclic) bond motifs is 1. The number of hydrogen-bond donors (Lipinski definition) is 1. The van der Waals surface area contributed by atoms with Gasteiger partial charge in [0.2, 0.25) is 0 Å². The molecule has 0 radical (unpaired) electrons. The quantitative estimate of drug-likeness (QED) is 0.903. The molecule has 1 N–H and O–H groups in total. The Morgan fingerprint density at radius 3 is 3.06 bits per heavy atom. The van der Waals surface area contributed by atoms with Crippen molar-refractivity contribution in [2.75, 3.05) is 5.75 Å². The first-order valence-corrected chi connectivity index (χ1v) is 6.74. The van der Waals surface area contributed by atoms with E-state index in [2.05, 4.69) is 18.2 Å². The van der Waals surface area contributed by atoms with Gasteiger partial charge in [-0.25, -0.2) is 0 Å². The van der Waals surface area contributed by atoms with Crippen LogP contribution in [0.1, 0.15) is 17.0 Å². The van der Waals surface area contributed by atoms with Crippen molar-refractivity contribution < 1.29 is 9.52 Å². The van der Waals surface area contributed by atoms with Gasteiger partial charge in [0.15, 0.2) is 0 Å². The van der Waals surface area contributed by atoms with E-state index in [1.54, 1.807) is 12.5 Å². The first kappa shape index (κ1) is 10.9. The first-order chi connectivity index (χ1) is 8.34. The monoisotopic (exact) mass is 246 g/mol. The summed E-state index contributed by atoms with van der Waals surface area (Å²) in [6, 6.07) is 10.3. The number of hydrogen-bond acceptors (Lipinski definition) is 3. The van der Waals surface area contributed by atoms with E-state index >= 15 is 0 Å². The third-order valence-corrected chi connectivity index (χ3v) is 4.43. The molecule has 0 aliphatic carbocycles. The van der Waals surface area contributed by atoms with Crippen LogP contribution in [0.5, 0.6) is 0 Å². The molecule has 3 rings (SSSR count). The van der Waals surface area contributed by atoms with Crippen LogP contribution < -0.4 is 0 Å². The van der Waals surface area contributed by atoms with E-state index in [-0.39, 0.29) is 12.0 Å². The number of thioether (sulfide) groups is 1. The van der Waals surface area contributed by atoms with Crippen LogP contribution in [0, 0.1) is 0 Å². The molecule has 1 aromatic heterocycles. The second-order valence-corrected chi connectivity index (χ2v) is 5.42. The molecule has 1 aromatic carbocycles. The maximum Gasteiger partial charge on any atom is 0.0935 e. The lowest BCUT2D eigenvalue weighted by molar-refractivity contribution is 0.151. The zero-order valence-corrected chi connectivity index (χ0v) is 10.2. The smallest absolute Gasteiger partial charge is 0.0935 e. The van der Waals surface area contributed by atoms with Gasteiger partial charge < -0.3 is 9.52 Å². The highest BCUT2D eigenvalue weighted by atomic mass is 32.2. The number of rotatable bonds is 3. The average molecular weight is 246 g/mol. The zero-order valence-electron chi connectivity index (χ0n) is 9.37. The normalized spacial score (nSPS) is 20.2. The Bertz CT molecular complexity index is 493. The maximum atomic E-state index is 10.3. The highest BCUT2D eigenvalue weighted by molar-refractivity contribution is 7.99. The summed E-state index contributed by atoms with van der Waals surface area (Å²) >= 11 is 1.83. The lowest BCUT2D eigenvalue weighted by atomic mass is 9.92. The fourth-order valence-corrected chi connectivity index (χ4v) is 3.62. The molecule has 2 nitrogen and oxygen atoms in total.